The maximum absolute atomic E-state index is 12.4. The Balaban J connectivity index is 1.83. The maximum atomic E-state index is 12.4. The zero-order valence-corrected chi connectivity index (χ0v) is 16.3. The van der Waals surface area contributed by atoms with Crippen molar-refractivity contribution in [2.24, 2.45) is 5.92 Å². The summed E-state index contributed by atoms with van der Waals surface area (Å²) in [6.07, 6.45) is 0.959. The second kappa shape index (κ2) is 7.78. The van der Waals surface area contributed by atoms with Gasteiger partial charge in [-0.3, -0.25) is 4.79 Å². The molecule has 0 aliphatic rings. The van der Waals surface area contributed by atoms with Crippen LogP contribution in [0.2, 0.25) is 0 Å². The molecular weight excluding hydrogens is 346 g/mol. The molecule has 6 nitrogen and oxygen atoms in total. The Hall–Kier alpha value is -2.54. The van der Waals surface area contributed by atoms with Gasteiger partial charge in [-0.15, -0.1) is 16.4 Å². The lowest BCUT2D eigenvalue weighted by Gasteiger charge is -2.05. The fourth-order valence-electron chi connectivity index (χ4n) is 2.60. The molecule has 0 bridgehead atoms. The molecule has 2 heterocycles. The van der Waals surface area contributed by atoms with Gasteiger partial charge in [0.15, 0.2) is 0 Å². The average molecular weight is 369 g/mol. The number of rotatable bonds is 6. The van der Waals surface area contributed by atoms with Crippen LogP contribution in [0.15, 0.2) is 30.3 Å². The van der Waals surface area contributed by atoms with Gasteiger partial charge in [0.25, 0.3) is 5.91 Å². The Kier molecular flexibility index (Phi) is 5.46. The lowest BCUT2D eigenvalue weighted by atomic mass is 10.1. The summed E-state index contributed by atoms with van der Waals surface area (Å²) < 4.78 is 1.79. The molecule has 0 aliphatic heterocycles. The number of thiazole rings is 1. The van der Waals surface area contributed by atoms with Crippen LogP contribution < -0.4 is 5.32 Å². The van der Waals surface area contributed by atoms with Gasteiger partial charge in [0, 0.05) is 6.54 Å². The van der Waals surface area contributed by atoms with Crippen molar-refractivity contribution < 1.29 is 4.79 Å². The SMILES string of the molecule is Cc1nc(-c2nnn(-c3ccccc3)c2C)sc1C(=O)NCCC(C)C. The molecule has 1 N–H and O–H groups in total. The molecule has 0 saturated heterocycles. The molecule has 0 spiro atoms. The minimum Gasteiger partial charge on any atom is -0.351 e. The standard InChI is InChI=1S/C19H23N5OS/c1-12(2)10-11-20-18(25)17-13(3)21-19(26-17)16-14(4)24(23-22-16)15-8-6-5-7-9-15/h5-9,12H,10-11H2,1-4H3,(H,20,25). The number of nitrogens with zero attached hydrogens (tertiary/aromatic N) is 4. The first-order valence-electron chi connectivity index (χ1n) is 8.71. The number of amides is 1. The number of nitrogens with one attached hydrogen (secondary N) is 1. The molecule has 3 aromatic rings. The van der Waals surface area contributed by atoms with E-state index < -0.39 is 0 Å². The molecule has 0 unspecified atom stereocenters. The van der Waals surface area contributed by atoms with Crippen molar-refractivity contribution in [2.45, 2.75) is 34.1 Å². The Labute approximate surface area is 157 Å². The summed E-state index contributed by atoms with van der Waals surface area (Å²) >= 11 is 1.36. The quantitative estimate of drug-likeness (QED) is 0.718. The minimum atomic E-state index is -0.0694. The summed E-state index contributed by atoms with van der Waals surface area (Å²) in [5.74, 6) is 0.490. The fourth-order valence-corrected chi connectivity index (χ4v) is 3.62. The van der Waals surface area contributed by atoms with Crippen molar-refractivity contribution in [3.8, 4) is 16.4 Å². The van der Waals surface area contributed by atoms with Crippen LogP contribution in [-0.4, -0.2) is 32.4 Å². The van der Waals surface area contributed by atoms with Gasteiger partial charge in [-0.2, -0.15) is 0 Å². The maximum Gasteiger partial charge on any atom is 0.263 e. The Morgan fingerprint density at radius 3 is 2.65 bits per heavy atom. The van der Waals surface area contributed by atoms with E-state index in [2.05, 4.69) is 34.5 Å². The zero-order chi connectivity index (χ0) is 18.7. The van der Waals surface area contributed by atoms with Crippen LogP contribution in [0.3, 0.4) is 0 Å². The van der Waals surface area contributed by atoms with E-state index in [9.17, 15) is 4.79 Å². The first-order chi connectivity index (χ1) is 12.5. The van der Waals surface area contributed by atoms with Gasteiger partial charge in [-0.25, -0.2) is 9.67 Å². The van der Waals surface area contributed by atoms with E-state index >= 15 is 0 Å². The van der Waals surface area contributed by atoms with Crippen molar-refractivity contribution in [3.05, 3.63) is 46.6 Å². The van der Waals surface area contributed by atoms with Crippen molar-refractivity contribution in [1.29, 1.82) is 0 Å². The van der Waals surface area contributed by atoms with Gasteiger partial charge in [0.2, 0.25) is 0 Å². The summed E-state index contributed by atoms with van der Waals surface area (Å²) in [4.78, 5) is 17.6. The highest BCUT2D eigenvalue weighted by Gasteiger charge is 2.20. The van der Waals surface area contributed by atoms with Crippen molar-refractivity contribution >= 4 is 17.2 Å². The van der Waals surface area contributed by atoms with E-state index in [0.29, 0.717) is 23.0 Å². The average Bonchev–Trinajstić information content (AvgIpc) is 3.18. The third-order valence-electron chi connectivity index (χ3n) is 4.11. The van der Waals surface area contributed by atoms with E-state index in [1.807, 2.05) is 44.2 Å². The van der Waals surface area contributed by atoms with E-state index in [0.717, 1.165) is 28.5 Å². The van der Waals surface area contributed by atoms with Crippen LogP contribution in [0.1, 0.15) is 41.3 Å². The topological polar surface area (TPSA) is 72.7 Å². The van der Waals surface area contributed by atoms with Crippen LogP contribution in [0.4, 0.5) is 0 Å². The minimum absolute atomic E-state index is 0.0694. The lowest BCUT2D eigenvalue weighted by Crippen LogP contribution is -2.25. The molecule has 2 aromatic heterocycles. The molecule has 26 heavy (non-hydrogen) atoms. The Morgan fingerprint density at radius 1 is 1.23 bits per heavy atom. The number of hydrogen-bond donors (Lipinski definition) is 1. The third kappa shape index (κ3) is 3.83. The molecule has 1 amide bonds. The van der Waals surface area contributed by atoms with Crippen LogP contribution in [-0.2, 0) is 0 Å². The molecule has 1 aromatic carbocycles. The predicted molar refractivity (Wildman–Crippen MR) is 104 cm³/mol. The van der Waals surface area contributed by atoms with E-state index in [4.69, 9.17) is 0 Å². The molecule has 7 heteroatoms. The van der Waals surface area contributed by atoms with Gasteiger partial charge < -0.3 is 5.32 Å². The second-order valence-electron chi connectivity index (χ2n) is 6.64. The number of aryl methyl sites for hydroxylation is 1. The Morgan fingerprint density at radius 2 is 1.96 bits per heavy atom. The molecule has 136 valence electrons. The monoisotopic (exact) mass is 369 g/mol. The first kappa shape index (κ1) is 18.3. The lowest BCUT2D eigenvalue weighted by molar-refractivity contribution is 0.0955. The highest BCUT2D eigenvalue weighted by atomic mass is 32.1. The normalized spacial score (nSPS) is 11.1. The predicted octanol–water partition coefficient (Wildman–Crippen LogP) is 3.78. The van der Waals surface area contributed by atoms with Gasteiger partial charge in [-0.05, 0) is 38.3 Å². The van der Waals surface area contributed by atoms with E-state index in [1.54, 1.807) is 4.68 Å². The van der Waals surface area contributed by atoms with Crippen molar-refractivity contribution in [3.63, 3.8) is 0 Å². The van der Waals surface area contributed by atoms with Crippen molar-refractivity contribution in [2.75, 3.05) is 6.54 Å². The summed E-state index contributed by atoms with van der Waals surface area (Å²) in [5, 5.41) is 12.2. The summed E-state index contributed by atoms with van der Waals surface area (Å²) in [7, 11) is 0. The van der Waals surface area contributed by atoms with Crippen LogP contribution in [0.5, 0.6) is 0 Å². The molecule has 0 fully saturated rings. The molecule has 0 saturated carbocycles. The first-order valence-corrected chi connectivity index (χ1v) is 9.52. The second-order valence-corrected chi connectivity index (χ2v) is 7.64. The highest BCUT2D eigenvalue weighted by molar-refractivity contribution is 7.17. The zero-order valence-electron chi connectivity index (χ0n) is 15.5. The Bertz CT molecular complexity index is 898. The van der Waals surface area contributed by atoms with Gasteiger partial charge in [0.05, 0.1) is 17.1 Å². The number of carbonyl (C=O) groups is 1. The number of benzene rings is 1. The smallest absolute Gasteiger partial charge is 0.263 e. The summed E-state index contributed by atoms with van der Waals surface area (Å²) in [6, 6.07) is 9.84. The molecule has 3 rings (SSSR count). The number of aromatic nitrogens is 4. The molecule has 0 radical (unpaired) electrons. The van der Waals surface area contributed by atoms with Gasteiger partial charge in [0.1, 0.15) is 15.6 Å². The highest BCUT2D eigenvalue weighted by Crippen LogP contribution is 2.29. The van der Waals surface area contributed by atoms with Gasteiger partial charge >= 0.3 is 0 Å². The van der Waals surface area contributed by atoms with E-state index in [-0.39, 0.29) is 5.91 Å². The molecule has 0 atom stereocenters. The van der Waals surface area contributed by atoms with Crippen LogP contribution in [0, 0.1) is 19.8 Å². The van der Waals surface area contributed by atoms with Crippen LogP contribution >= 0.6 is 11.3 Å². The van der Waals surface area contributed by atoms with Crippen LogP contribution in [0.25, 0.3) is 16.4 Å². The summed E-state index contributed by atoms with van der Waals surface area (Å²) in [6.45, 7) is 8.77. The van der Waals surface area contributed by atoms with E-state index in [1.165, 1.54) is 11.3 Å². The third-order valence-corrected chi connectivity index (χ3v) is 5.27. The summed E-state index contributed by atoms with van der Waals surface area (Å²) in [5.41, 5.74) is 3.28. The fraction of sp³-hybridized carbons (Fsp3) is 0.368. The largest absolute Gasteiger partial charge is 0.351 e. The number of para-hydroxylation sites is 1. The molecule has 0 aliphatic carbocycles. The van der Waals surface area contributed by atoms with Gasteiger partial charge in [-0.1, -0.05) is 37.3 Å². The number of carbonyl (C=O) groups excluding carboxylic acids is 1. The van der Waals surface area contributed by atoms with Crippen molar-refractivity contribution in [1.82, 2.24) is 25.3 Å². The molecular formula is C19H23N5OS. The number of hydrogen-bond acceptors (Lipinski definition) is 5.